The van der Waals surface area contributed by atoms with Gasteiger partial charge in [0, 0.05) is 17.5 Å². The van der Waals surface area contributed by atoms with E-state index in [1.165, 1.54) is 31.1 Å². The molecule has 1 aliphatic rings. The lowest BCUT2D eigenvalue weighted by molar-refractivity contribution is 0.0954. The van der Waals surface area contributed by atoms with Gasteiger partial charge in [0.2, 0.25) is 0 Å². The Hall–Kier alpha value is -0.910. The second-order valence-electron chi connectivity index (χ2n) is 5.01. The molecule has 0 spiro atoms. The molecule has 0 saturated carbocycles. The van der Waals surface area contributed by atoms with Crippen molar-refractivity contribution in [1.29, 1.82) is 0 Å². The summed E-state index contributed by atoms with van der Waals surface area (Å²) in [5.41, 5.74) is 0.617. The van der Waals surface area contributed by atoms with Gasteiger partial charge in [0.1, 0.15) is 0 Å². The minimum atomic E-state index is -0.0683. The van der Waals surface area contributed by atoms with Gasteiger partial charge in [-0.25, -0.2) is 0 Å². The van der Waals surface area contributed by atoms with Crippen molar-refractivity contribution in [2.45, 2.75) is 26.2 Å². The van der Waals surface area contributed by atoms with Crippen molar-refractivity contribution >= 4 is 35.4 Å². The van der Waals surface area contributed by atoms with Crippen LogP contribution in [0.3, 0.4) is 0 Å². The van der Waals surface area contributed by atoms with Gasteiger partial charge in [-0.2, -0.15) is 0 Å². The van der Waals surface area contributed by atoms with Gasteiger partial charge >= 0.3 is 0 Å². The predicted octanol–water partition coefficient (Wildman–Crippen LogP) is 2.49. The Balaban J connectivity index is 0.00000200. The molecule has 0 aromatic carbocycles. The van der Waals surface area contributed by atoms with Gasteiger partial charge in [-0.1, -0.05) is 0 Å². The number of hydrogen-bond acceptors (Lipinski definition) is 4. The number of rotatable bonds is 5. The topological polar surface area (TPSA) is 58.2 Å². The number of thiophene rings is 1. The lowest BCUT2D eigenvalue weighted by Crippen LogP contribution is -2.33. The zero-order valence-corrected chi connectivity index (χ0v) is 13.2. The maximum atomic E-state index is 11.9. The van der Waals surface area contributed by atoms with Gasteiger partial charge in [0.25, 0.3) is 5.91 Å². The largest absolute Gasteiger partial charge is 0.351 e. The van der Waals surface area contributed by atoms with E-state index in [2.05, 4.69) is 10.6 Å². The van der Waals surface area contributed by atoms with Crippen LogP contribution in [0.1, 0.15) is 46.2 Å². The molecule has 1 aliphatic heterocycles. The smallest absolute Gasteiger partial charge is 0.261 e. The highest BCUT2D eigenvalue weighted by molar-refractivity contribution is 7.12. The second-order valence-corrected chi connectivity index (χ2v) is 5.92. The summed E-state index contributed by atoms with van der Waals surface area (Å²) in [6, 6.07) is 1.67. The summed E-state index contributed by atoms with van der Waals surface area (Å²) in [5, 5.41) is 8.04. The van der Waals surface area contributed by atoms with Crippen LogP contribution in [0.5, 0.6) is 0 Å². The standard InChI is InChI=1S/C14H20N2O2S.ClH/c1-10(17)12-7-13(19-9-12)14(18)16-6-4-11-3-2-5-15-8-11;/h7,9,11,15H,2-6,8H2,1H3,(H,16,18);1H. The Morgan fingerprint density at radius 1 is 1.50 bits per heavy atom. The van der Waals surface area contributed by atoms with Crippen LogP contribution in [0.4, 0.5) is 0 Å². The highest BCUT2D eigenvalue weighted by atomic mass is 35.5. The monoisotopic (exact) mass is 316 g/mol. The lowest BCUT2D eigenvalue weighted by Gasteiger charge is -2.22. The molecule has 1 aromatic rings. The van der Waals surface area contributed by atoms with Crippen LogP contribution in [0.25, 0.3) is 0 Å². The van der Waals surface area contributed by atoms with Crippen LogP contribution >= 0.6 is 23.7 Å². The number of piperidine rings is 1. The molecule has 1 unspecified atom stereocenters. The molecule has 20 heavy (non-hydrogen) atoms. The van der Waals surface area contributed by atoms with Gasteiger partial charge in [-0.3, -0.25) is 9.59 Å². The zero-order valence-electron chi connectivity index (χ0n) is 11.6. The SMILES string of the molecule is CC(=O)c1csc(C(=O)NCCC2CCCNC2)c1.Cl. The number of hydrogen-bond donors (Lipinski definition) is 2. The highest BCUT2D eigenvalue weighted by Gasteiger charge is 2.14. The molecule has 1 fully saturated rings. The summed E-state index contributed by atoms with van der Waals surface area (Å²) < 4.78 is 0. The number of Topliss-reactive ketones (excluding diaryl/α,β-unsaturated/α-hetero) is 1. The molecule has 6 heteroatoms. The second kappa shape index (κ2) is 8.39. The molecule has 0 radical (unpaired) electrons. The van der Waals surface area contributed by atoms with Crippen molar-refractivity contribution in [2.75, 3.05) is 19.6 Å². The average molecular weight is 317 g/mol. The predicted molar refractivity (Wildman–Crippen MR) is 84.1 cm³/mol. The maximum Gasteiger partial charge on any atom is 0.261 e. The number of amides is 1. The van der Waals surface area contributed by atoms with Crippen molar-refractivity contribution < 1.29 is 9.59 Å². The third-order valence-corrected chi connectivity index (χ3v) is 4.40. The van der Waals surface area contributed by atoms with Crippen LogP contribution in [-0.2, 0) is 0 Å². The van der Waals surface area contributed by atoms with Gasteiger partial charge in [0.05, 0.1) is 4.88 Å². The van der Waals surface area contributed by atoms with E-state index < -0.39 is 0 Å². The quantitative estimate of drug-likeness (QED) is 0.821. The number of halogens is 1. The van der Waals surface area contributed by atoms with E-state index in [1.54, 1.807) is 11.4 Å². The number of ketones is 1. The lowest BCUT2D eigenvalue weighted by atomic mass is 9.96. The first-order valence-corrected chi connectivity index (χ1v) is 7.63. The minimum Gasteiger partial charge on any atom is -0.351 e. The Morgan fingerprint density at radius 3 is 2.90 bits per heavy atom. The van der Waals surface area contributed by atoms with Crippen LogP contribution in [0, 0.1) is 5.92 Å². The molecule has 1 saturated heterocycles. The third kappa shape index (κ3) is 4.89. The molecule has 0 bridgehead atoms. The van der Waals surface area contributed by atoms with Crippen molar-refractivity contribution in [3.63, 3.8) is 0 Å². The van der Waals surface area contributed by atoms with Crippen molar-refractivity contribution in [3.05, 3.63) is 21.9 Å². The van der Waals surface area contributed by atoms with Crippen LogP contribution < -0.4 is 10.6 Å². The molecular formula is C14H21ClN2O2S. The molecule has 0 aliphatic carbocycles. The van der Waals surface area contributed by atoms with E-state index in [4.69, 9.17) is 0 Å². The maximum absolute atomic E-state index is 11.9. The molecule has 2 heterocycles. The number of nitrogens with one attached hydrogen (secondary N) is 2. The van der Waals surface area contributed by atoms with Crippen LogP contribution in [0.2, 0.25) is 0 Å². The van der Waals surface area contributed by atoms with E-state index in [-0.39, 0.29) is 24.1 Å². The Kier molecular flexibility index (Phi) is 7.19. The van der Waals surface area contributed by atoms with E-state index in [1.807, 2.05) is 0 Å². The first kappa shape index (κ1) is 17.1. The molecular weight excluding hydrogens is 296 g/mol. The molecule has 1 aromatic heterocycles. The summed E-state index contributed by atoms with van der Waals surface area (Å²) in [6.45, 7) is 4.40. The van der Waals surface area contributed by atoms with Gasteiger partial charge in [0.15, 0.2) is 5.78 Å². The summed E-state index contributed by atoms with van der Waals surface area (Å²) in [6.07, 6.45) is 3.49. The Labute approximate surface area is 129 Å². The number of carbonyl (C=O) groups is 2. The minimum absolute atomic E-state index is 0. The Bertz CT molecular complexity index is 456. The van der Waals surface area contributed by atoms with Crippen molar-refractivity contribution in [3.8, 4) is 0 Å². The van der Waals surface area contributed by atoms with E-state index >= 15 is 0 Å². The molecule has 4 nitrogen and oxygen atoms in total. The van der Waals surface area contributed by atoms with Gasteiger partial charge < -0.3 is 10.6 Å². The van der Waals surface area contributed by atoms with Crippen molar-refractivity contribution in [1.82, 2.24) is 10.6 Å². The number of carbonyl (C=O) groups excluding carboxylic acids is 2. The summed E-state index contributed by atoms with van der Waals surface area (Å²) >= 11 is 1.33. The van der Waals surface area contributed by atoms with E-state index in [0.29, 0.717) is 22.9 Å². The summed E-state index contributed by atoms with van der Waals surface area (Å²) in [5.74, 6) is 0.606. The molecule has 2 N–H and O–H groups in total. The third-order valence-electron chi connectivity index (χ3n) is 3.47. The molecule has 1 atom stereocenters. The highest BCUT2D eigenvalue weighted by Crippen LogP contribution is 2.16. The van der Waals surface area contributed by atoms with E-state index in [9.17, 15) is 9.59 Å². The fourth-order valence-corrected chi connectivity index (χ4v) is 3.15. The van der Waals surface area contributed by atoms with Crippen LogP contribution in [0.15, 0.2) is 11.4 Å². The normalized spacial score (nSPS) is 18.1. The fraction of sp³-hybridized carbons (Fsp3) is 0.571. The molecule has 2 rings (SSSR count). The first-order chi connectivity index (χ1) is 9.16. The first-order valence-electron chi connectivity index (χ1n) is 6.75. The van der Waals surface area contributed by atoms with Crippen molar-refractivity contribution in [2.24, 2.45) is 5.92 Å². The Morgan fingerprint density at radius 2 is 2.30 bits per heavy atom. The molecule has 112 valence electrons. The summed E-state index contributed by atoms with van der Waals surface area (Å²) in [4.78, 5) is 23.7. The van der Waals surface area contributed by atoms with Gasteiger partial charge in [-0.15, -0.1) is 23.7 Å². The zero-order chi connectivity index (χ0) is 13.7. The van der Waals surface area contributed by atoms with Gasteiger partial charge in [-0.05, 0) is 51.3 Å². The summed E-state index contributed by atoms with van der Waals surface area (Å²) in [7, 11) is 0. The van der Waals surface area contributed by atoms with Crippen LogP contribution in [-0.4, -0.2) is 31.3 Å². The fourth-order valence-electron chi connectivity index (χ4n) is 2.29. The molecule has 1 amide bonds. The van der Waals surface area contributed by atoms with E-state index in [0.717, 1.165) is 19.5 Å². The average Bonchev–Trinajstić information content (AvgIpc) is 2.89.